The molecule has 0 saturated carbocycles. The van der Waals surface area contributed by atoms with Gasteiger partial charge in [0.1, 0.15) is 18.4 Å². The first kappa shape index (κ1) is 13.7. The van der Waals surface area contributed by atoms with Crippen LogP contribution in [0.4, 0.5) is 0 Å². The lowest BCUT2D eigenvalue weighted by atomic mass is 9.96. The summed E-state index contributed by atoms with van der Waals surface area (Å²) in [4.78, 5) is 4.20. The van der Waals surface area contributed by atoms with Crippen LogP contribution in [0.15, 0.2) is 42.5 Å². The smallest absolute Gasteiger partial charge is 0.195 e. The molecule has 3 aromatic rings. The van der Waals surface area contributed by atoms with Crippen molar-refractivity contribution in [3.8, 4) is 11.8 Å². The third-order valence-corrected chi connectivity index (χ3v) is 4.01. The van der Waals surface area contributed by atoms with E-state index in [-0.39, 0.29) is 0 Å². The lowest BCUT2D eigenvalue weighted by Crippen LogP contribution is -1.96. The third-order valence-electron chi connectivity index (χ3n) is 3.09. The quantitative estimate of drug-likeness (QED) is 0.692. The molecule has 0 N–H and O–H groups in total. The Morgan fingerprint density at radius 3 is 2.86 bits per heavy atom. The number of thiazole rings is 1. The SMILES string of the molecule is [B]Cc1cccc(COc2ccc3nc(C#N)sc3c2)c1. The molecule has 0 unspecified atom stereocenters. The van der Waals surface area contributed by atoms with Crippen molar-refractivity contribution in [3.05, 3.63) is 58.6 Å². The van der Waals surface area contributed by atoms with Crippen LogP contribution in [0.3, 0.4) is 0 Å². The van der Waals surface area contributed by atoms with Gasteiger partial charge < -0.3 is 4.74 Å². The molecule has 0 aliphatic rings. The van der Waals surface area contributed by atoms with Crippen LogP contribution in [0, 0.1) is 11.3 Å². The molecular weight excluding hydrogens is 279 g/mol. The van der Waals surface area contributed by atoms with E-state index in [9.17, 15) is 0 Å². The number of benzene rings is 2. The minimum absolute atomic E-state index is 0.470. The Balaban J connectivity index is 1.76. The number of nitriles is 1. The molecule has 0 amide bonds. The van der Waals surface area contributed by atoms with Gasteiger partial charge in [-0.15, -0.1) is 11.3 Å². The van der Waals surface area contributed by atoms with Gasteiger partial charge in [0.05, 0.1) is 18.1 Å². The van der Waals surface area contributed by atoms with Crippen molar-refractivity contribution in [3.63, 3.8) is 0 Å². The molecule has 0 bridgehead atoms. The van der Waals surface area contributed by atoms with Crippen LogP contribution >= 0.6 is 11.3 Å². The Labute approximate surface area is 128 Å². The fourth-order valence-corrected chi connectivity index (χ4v) is 2.85. The Morgan fingerprint density at radius 1 is 1.19 bits per heavy atom. The number of fused-ring (bicyclic) bond motifs is 1. The maximum absolute atomic E-state index is 8.87. The zero-order chi connectivity index (χ0) is 14.7. The highest BCUT2D eigenvalue weighted by Gasteiger charge is 2.05. The zero-order valence-electron chi connectivity index (χ0n) is 11.2. The molecule has 5 heteroatoms. The Morgan fingerprint density at radius 2 is 2.05 bits per heavy atom. The van der Waals surface area contributed by atoms with Crippen LogP contribution in [-0.2, 0) is 12.9 Å². The predicted octanol–water partition coefficient (Wildman–Crippen LogP) is 3.42. The average Bonchev–Trinajstić information content (AvgIpc) is 2.95. The van der Waals surface area contributed by atoms with Gasteiger partial charge in [0.2, 0.25) is 0 Å². The maximum atomic E-state index is 8.87. The van der Waals surface area contributed by atoms with Crippen molar-refractivity contribution in [1.29, 1.82) is 5.26 Å². The number of ether oxygens (including phenoxy) is 1. The summed E-state index contributed by atoms with van der Waals surface area (Å²) in [5.41, 5.74) is 3.00. The first-order valence-corrected chi connectivity index (χ1v) is 7.31. The van der Waals surface area contributed by atoms with Crippen molar-refractivity contribution in [2.24, 2.45) is 0 Å². The second-order valence-electron chi connectivity index (χ2n) is 4.57. The fourth-order valence-electron chi connectivity index (χ4n) is 2.06. The summed E-state index contributed by atoms with van der Waals surface area (Å²) < 4.78 is 6.76. The molecule has 1 aromatic heterocycles. The number of nitrogens with zero attached hydrogens (tertiary/aromatic N) is 2. The molecule has 0 fully saturated rings. The second-order valence-corrected chi connectivity index (χ2v) is 5.60. The van der Waals surface area contributed by atoms with Crippen molar-refractivity contribution < 1.29 is 4.74 Å². The van der Waals surface area contributed by atoms with Gasteiger partial charge in [0.25, 0.3) is 0 Å². The number of hydrogen-bond donors (Lipinski definition) is 0. The minimum Gasteiger partial charge on any atom is -0.489 e. The first-order chi connectivity index (χ1) is 10.3. The van der Waals surface area contributed by atoms with Crippen molar-refractivity contribution in [1.82, 2.24) is 4.98 Å². The Kier molecular flexibility index (Phi) is 3.89. The minimum atomic E-state index is 0.470. The first-order valence-electron chi connectivity index (χ1n) is 6.50. The van der Waals surface area contributed by atoms with Gasteiger partial charge in [-0.25, -0.2) is 4.98 Å². The predicted molar refractivity (Wildman–Crippen MR) is 84.6 cm³/mol. The molecule has 3 rings (SSSR count). The van der Waals surface area contributed by atoms with E-state index < -0.39 is 0 Å². The molecule has 0 aliphatic heterocycles. The van der Waals surface area contributed by atoms with Crippen molar-refractivity contribution in [2.75, 3.05) is 0 Å². The lowest BCUT2D eigenvalue weighted by Gasteiger charge is -2.07. The topological polar surface area (TPSA) is 45.9 Å². The van der Waals surface area contributed by atoms with Gasteiger partial charge in [-0.3, -0.25) is 0 Å². The molecule has 0 aliphatic carbocycles. The highest BCUT2D eigenvalue weighted by atomic mass is 32.1. The van der Waals surface area contributed by atoms with E-state index in [0.717, 1.165) is 27.1 Å². The molecular formula is C16H11BN2OS. The average molecular weight is 290 g/mol. The lowest BCUT2D eigenvalue weighted by molar-refractivity contribution is 0.306. The number of rotatable bonds is 4. The summed E-state index contributed by atoms with van der Waals surface area (Å²) in [6.45, 7) is 0.489. The summed E-state index contributed by atoms with van der Waals surface area (Å²) in [6, 6.07) is 15.8. The number of hydrogen-bond acceptors (Lipinski definition) is 4. The van der Waals surface area contributed by atoms with Gasteiger partial charge in [0, 0.05) is 0 Å². The van der Waals surface area contributed by atoms with Gasteiger partial charge in [-0.2, -0.15) is 5.26 Å². The normalized spacial score (nSPS) is 10.4. The third kappa shape index (κ3) is 3.06. The van der Waals surface area contributed by atoms with E-state index in [4.69, 9.17) is 17.8 Å². The zero-order valence-corrected chi connectivity index (χ0v) is 12.1. The van der Waals surface area contributed by atoms with Gasteiger partial charge in [-0.1, -0.05) is 36.1 Å². The molecule has 2 radical (unpaired) electrons. The van der Waals surface area contributed by atoms with E-state index in [2.05, 4.69) is 11.1 Å². The van der Waals surface area contributed by atoms with E-state index in [1.807, 2.05) is 42.5 Å². The maximum Gasteiger partial charge on any atom is 0.195 e. The highest BCUT2D eigenvalue weighted by molar-refractivity contribution is 7.19. The van der Waals surface area contributed by atoms with Crippen LogP contribution in [0.2, 0.25) is 0 Å². The summed E-state index contributed by atoms with van der Waals surface area (Å²) in [6.07, 6.45) is 0.525. The summed E-state index contributed by atoms with van der Waals surface area (Å²) in [5, 5.41) is 9.34. The molecule has 21 heavy (non-hydrogen) atoms. The Bertz CT molecular complexity index is 823. The standard InChI is InChI=1S/C16H11BN2OS/c17-8-11-2-1-3-12(6-11)10-20-13-4-5-14-15(7-13)21-16(9-18)19-14/h1-7H,8,10H2. The summed E-state index contributed by atoms with van der Waals surface area (Å²) in [5.74, 6) is 0.772. The van der Waals surface area contributed by atoms with Crippen molar-refractivity contribution >= 4 is 29.4 Å². The van der Waals surface area contributed by atoms with Gasteiger partial charge >= 0.3 is 0 Å². The fraction of sp³-hybridized carbons (Fsp3) is 0.125. The molecule has 0 spiro atoms. The Hall–Kier alpha value is -2.32. The molecule has 2 aromatic carbocycles. The molecule has 3 nitrogen and oxygen atoms in total. The number of aromatic nitrogens is 1. The molecule has 100 valence electrons. The van der Waals surface area contributed by atoms with Crippen LogP contribution < -0.4 is 4.74 Å². The van der Waals surface area contributed by atoms with E-state index in [1.54, 1.807) is 0 Å². The van der Waals surface area contributed by atoms with Gasteiger partial charge in [-0.05, 0) is 23.8 Å². The van der Waals surface area contributed by atoms with E-state index in [0.29, 0.717) is 17.9 Å². The second kappa shape index (κ2) is 5.98. The molecule has 0 saturated heterocycles. The summed E-state index contributed by atoms with van der Waals surface area (Å²) >= 11 is 1.37. The van der Waals surface area contributed by atoms with Crippen LogP contribution in [0.5, 0.6) is 5.75 Å². The van der Waals surface area contributed by atoms with E-state index >= 15 is 0 Å². The molecule has 0 atom stereocenters. The van der Waals surface area contributed by atoms with Gasteiger partial charge in [0.15, 0.2) is 5.01 Å². The van der Waals surface area contributed by atoms with Crippen LogP contribution in [0.25, 0.3) is 10.2 Å². The molecule has 1 heterocycles. The highest BCUT2D eigenvalue weighted by Crippen LogP contribution is 2.26. The van der Waals surface area contributed by atoms with Crippen LogP contribution in [-0.4, -0.2) is 12.8 Å². The van der Waals surface area contributed by atoms with Crippen LogP contribution in [0.1, 0.15) is 16.1 Å². The van der Waals surface area contributed by atoms with E-state index in [1.165, 1.54) is 11.3 Å². The monoisotopic (exact) mass is 290 g/mol. The summed E-state index contributed by atoms with van der Waals surface area (Å²) in [7, 11) is 5.63. The largest absolute Gasteiger partial charge is 0.489 e. The van der Waals surface area contributed by atoms with Crippen molar-refractivity contribution in [2.45, 2.75) is 12.9 Å².